The molecule has 5 heteroatoms. The molecular weight excluding hydrogens is 222 g/mol. The van der Waals surface area contributed by atoms with Crippen LogP contribution < -0.4 is 0 Å². The van der Waals surface area contributed by atoms with E-state index in [1.165, 1.54) is 11.8 Å². The highest BCUT2D eigenvalue weighted by atomic mass is 35.5. The van der Waals surface area contributed by atoms with Gasteiger partial charge in [-0.25, -0.2) is 4.98 Å². The summed E-state index contributed by atoms with van der Waals surface area (Å²) in [5.74, 6) is 0.528. The van der Waals surface area contributed by atoms with Gasteiger partial charge in [0, 0.05) is 18.2 Å². The number of fused-ring (bicyclic) bond motifs is 1. The third-order valence-corrected chi connectivity index (χ3v) is 2.64. The van der Waals surface area contributed by atoms with Gasteiger partial charge in [0.1, 0.15) is 11.5 Å². The van der Waals surface area contributed by atoms with Gasteiger partial charge in [-0.2, -0.15) is 0 Å². The number of thioether (sulfide) groups is 1. The van der Waals surface area contributed by atoms with E-state index in [2.05, 4.69) is 4.98 Å². The number of benzene rings is 1. The maximum Gasteiger partial charge on any atom is 0.259 e. The number of halogens is 1. The molecule has 0 fully saturated rings. The Bertz CT molecular complexity index is 443. The molecule has 74 valence electrons. The molecule has 2 rings (SSSR count). The second-order valence-electron chi connectivity index (χ2n) is 2.64. The highest BCUT2D eigenvalue weighted by Gasteiger charge is 2.05. The molecule has 0 saturated carbocycles. The highest BCUT2D eigenvalue weighted by molar-refractivity contribution is 7.98. The molecule has 0 bridgehead atoms. The van der Waals surface area contributed by atoms with Crippen LogP contribution in [0.5, 0.6) is 0 Å². The number of hydrogen-bond acceptors (Lipinski definition) is 4. The van der Waals surface area contributed by atoms with E-state index in [4.69, 9.17) is 20.8 Å². The Labute approximate surface area is 90.4 Å². The van der Waals surface area contributed by atoms with Gasteiger partial charge in [-0.3, -0.25) is 0 Å². The van der Waals surface area contributed by atoms with Gasteiger partial charge in [0.15, 0.2) is 5.58 Å². The fourth-order valence-corrected chi connectivity index (χ4v) is 1.74. The number of hydrogen-bond donors (Lipinski definition) is 0. The maximum absolute atomic E-state index is 5.81. The third-order valence-electron chi connectivity index (χ3n) is 1.63. The van der Waals surface area contributed by atoms with E-state index in [9.17, 15) is 0 Å². The second-order valence-corrected chi connectivity index (χ2v) is 3.95. The Morgan fingerprint density at radius 1 is 1.57 bits per heavy atom. The van der Waals surface area contributed by atoms with E-state index in [0.717, 1.165) is 5.52 Å². The van der Waals surface area contributed by atoms with Crippen LogP contribution in [0.3, 0.4) is 0 Å². The van der Waals surface area contributed by atoms with Crippen molar-refractivity contribution in [1.82, 2.24) is 4.98 Å². The molecule has 0 unspecified atom stereocenters. The lowest BCUT2D eigenvalue weighted by Gasteiger charge is -1.90. The number of aromatic nitrogens is 1. The van der Waals surface area contributed by atoms with Crippen molar-refractivity contribution in [1.29, 1.82) is 0 Å². The zero-order valence-corrected chi connectivity index (χ0v) is 9.06. The molecule has 0 aliphatic carbocycles. The predicted molar refractivity (Wildman–Crippen MR) is 56.8 cm³/mol. The lowest BCUT2D eigenvalue weighted by atomic mass is 10.3. The van der Waals surface area contributed by atoms with E-state index in [0.29, 0.717) is 21.8 Å². The van der Waals surface area contributed by atoms with Gasteiger partial charge >= 0.3 is 0 Å². The van der Waals surface area contributed by atoms with Crippen molar-refractivity contribution >= 4 is 34.5 Å². The zero-order chi connectivity index (χ0) is 9.97. The van der Waals surface area contributed by atoms with Gasteiger partial charge < -0.3 is 9.15 Å². The maximum atomic E-state index is 5.81. The van der Waals surface area contributed by atoms with Crippen molar-refractivity contribution in [2.75, 3.05) is 13.0 Å². The molecular formula is C9H8ClNO2S. The molecule has 0 spiro atoms. The fourth-order valence-electron chi connectivity index (χ4n) is 1.05. The molecule has 1 heterocycles. The molecule has 14 heavy (non-hydrogen) atoms. The Morgan fingerprint density at radius 3 is 3.21 bits per heavy atom. The second kappa shape index (κ2) is 4.21. The zero-order valence-electron chi connectivity index (χ0n) is 7.49. The van der Waals surface area contributed by atoms with Crippen LogP contribution in [0.25, 0.3) is 11.1 Å². The smallest absolute Gasteiger partial charge is 0.259 e. The van der Waals surface area contributed by atoms with Crippen molar-refractivity contribution in [3.05, 3.63) is 23.2 Å². The Balaban J connectivity index is 2.32. The molecule has 0 amide bonds. The van der Waals surface area contributed by atoms with Crippen LogP contribution in [-0.4, -0.2) is 18.0 Å². The first-order chi connectivity index (χ1) is 6.79. The summed E-state index contributed by atoms with van der Waals surface area (Å²) in [6.45, 7) is 0. The molecule has 0 aliphatic rings. The molecule has 0 N–H and O–H groups in total. The molecule has 0 aliphatic heterocycles. The van der Waals surface area contributed by atoms with Gasteiger partial charge in [-0.1, -0.05) is 11.6 Å². The third kappa shape index (κ3) is 2.03. The molecule has 0 radical (unpaired) electrons. The average Bonchev–Trinajstić information content (AvgIpc) is 2.56. The molecule has 1 aromatic carbocycles. The van der Waals surface area contributed by atoms with Crippen LogP contribution >= 0.6 is 23.4 Å². The molecule has 3 nitrogen and oxygen atoms in total. The number of methoxy groups -OCH3 is 1. The lowest BCUT2D eigenvalue weighted by molar-refractivity contribution is 0.257. The van der Waals surface area contributed by atoms with Crippen molar-refractivity contribution in [3.8, 4) is 0 Å². The van der Waals surface area contributed by atoms with E-state index >= 15 is 0 Å². The minimum absolute atomic E-state index is 0.528. The normalized spacial score (nSPS) is 11.0. The highest BCUT2D eigenvalue weighted by Crippen LogP contribution is 2.25. The molecule has 2 aromatic rings. The summed E-state index contributed by atoms with van der Waals surface area (Å²) >= 11 is 7.22. The number of ether oxygens (including phenoxy) is 1. The standard InChI is InChI=1S/C9H8ClNO2S/c1-12-5-14-9-11-7-3-2-6(10)4-8(7)13-9/h2-4H,5H2,1H3. The van der Waals surface area contributed by atoms with Crippen molar-refractivity contribution in [3.63, 3.8) is 0 Å². The van der Waals surface area contributed by atoms with Crippen LogP contribution in [0.4, 0.5) is 0 Å². The first-order valence-corrected chi connectivity index (χ1v) is 5.34. The molecule has 0 saturated heterocycles. The first kappa shape index (κ1) is 9.83. The molecule has 1 aromatic heterocycles. The minimum Gasteiger partial charge on any atom is -0.431 e. The van der Waals surface area contributed by atoms with Crippen LogP contribution in [-0.2, 0) is 4.74 Å². The monoisotopic (exact) mass is 229 g/mol. The lowest BCUT2D eigenvalue weighted by Crippen LogP contribution is -1.80. The van der Waals surface area contributed by atoms with Crippen molar-refractivity contribution in [2.24, 2.45) is 0 Å². The van der Waals surface area contributed by atoms with Gasteiger partial charge in [-0.05, 0) is 23.9 Å². The summed E-state index contributed by atoms with van der Waals surface area (Å²) in [4.78, 5) is 4.25. The summed E-state index contributed by atoms with van der Waals surface area (Å²) in [7, 11) is 1.63. The van der Waals surface area contributed by atoms with Crippen LogP contribution in [0.15, 0.2) is 27.8 Å². The SMILES string of the molecule is COCSc1nc2ccc(Cl)cc2o1. The van der Waals surface area contributed by atoms with E-state index in [1.807, 2.05) is 6.07 Å². The van der Waals surface area contributed by atoms with E-state index < -0.39 is 0 Å². The predicted octanol–water partition coefficient (Wildman–Crippen LogP) is 3.18. The summed E-state index contributed by atoms with van der Waals surface area (Å²) < 4.78 is 10.3. The summed E-state index contributed by atoms with van der Waals surface area (Å²) in [5, 5.41) is 1.25. The summed E-state index contributed by atoms with van der Waals surface area (Å²) in [6.07, 6.45) is 0. The first-order valence-electron chi connectivity index (χ1n) is 3.97. The number of oxazole rings is 1. The van der Waals surface area contributed by atoms with Gasteiger partial charge in [-0.15, -0.1) is 0 Å². The Morgan fingerprint density at radius 2 is 2.43 bits per heavy atom. The topological polar surface area (TPSA) is 35.3 Å². The van der Waals surface area contributed by atoms with E-state index in [-0.39, 0.29) is 0 Å². The van der Waals surface area contributed by atoms with Crippen LogP contribution in [0.1, 0.15) is 0 Å². The fraction of sp³-hybridized carbons (Fsp3) is 0.222. The van der Waals surface area contributed by atoms with Gasteiger partial charge in [0.2, 0.25) is 0 Å². The van der Waals surface area contributed by atoms with Crippen molar-refractivity contribution in [2.45, 2.75) is 5.22 Å². The van der Waals surface area contributed by atoms with Crippen LogP contribution in [0, 0.1) is 0 Å². The van der Waals surface area contributed by atoms with Gasteiger partial charge in [0.25, 0.3) is 5.22 Å². The van der Waals surface area contributed by atoms with Crippen molar-refractivity contribution < 1.29 is 9.15 Å². The Hall–Kier alpha value is -0.710. The number of nitrogens with zero attached hydrogens (tertiary/aromatic N) is 1. The van der Waals surface area contributed by atoms with Gasteiger partial charge in [0.05, 0.1) is 0 Å². The summed E-state index contributed by atoms with van der Waals surface area (Å²) in [5.41, 5.74) is 1.52. The Kier molecular flexibility index (Phi) is 2.96. The summed E-state index contributed by atoms with van der Waals surface area (Å²) in [6, 6.07) is 5.37. The minimum atomic E-state index is 0.528. The molecule has 0 atom stereocenters. The van der Waals surface area contributed by atoms with E-state index in [1.54, 1.807) is 19.2 Å². The quantitative estimate of drug-likeness (QED) is 0.598. The van der Waals surface area contributed by atoms with Crippen LogP contribution in [0.2, 0.25) is 5.02 Å². The number of rotatable bonds is 3. The largest absolute Gasteiger partial charge is 0.431 e. The average molecular weight is 230 g/mol.